The lowest BCUT2D eigenvalue weighted by Gasteiger charge is -2.19. The molecule has 0 atom stereocenters. The van der Waals surface area contributed by atoms with Crippen LogP contribution in [-0.4, -0.2) is 41.2 Å². The number of nitrogens with one attached hydrogen (secondary N) is 1. The van der Waals surface area contributed by atoms with Crippen LogP contribution in [0.25, 0.3) is 11.0 Å². The lowest BCUT2D eigenvalue weighted by Crippen LogP contribution is -2.27. The quantitative estimate of drug-likeness (QED) is 0.497. The van der Waals surface area contributed by atoms with Crippen molar-refractivity contribution in [3.8, 4) is 6.07 Å². The fourth-order valence-corrected chi connectivity index (χ4v) is 3.57. The van der Waals surface area contributed by atoms with Crippen LogP contribution in [0.3, 0.4) is 0 Å². The second-order valence-electron chi connectivity index (χ2n) is 6.95. The molecule has 4 rings (SSSR count). The van der Waals surface area contributed by atoms with E-state index in [1.54, 1.807) is 42.7 Å². The largest absolute Gasteiger partial charge is 0.328 e. The molecule has 0 aliphatic heterocycles. The zero-order valence-electron chi connectivity index (χ0n) is 16.9. The highest BCUT2D eigenvalue weighted by Crippen LogP contribution is 2.23. The Morgan fingerprint density at radius 2 is 1.94 bits per heavy atom. The van der Waals surface area contributed by atoms with Gasteiger partial charge in [0.25, 0.3) is 0 Å². The summed E-state index contributed by atoms with van der Waals surface area (Å²) in [5, 5.41) is 12.9. The molecule has 0 unspecified atom stereocenters. The molecule has 0 radical (unpaired) electrons. The summed E-state index contributed by atoms with van der Waals surface area (Å²) in [7, 11) is -1.96. The molecule has 0 spiro atoms. The predicted octanol–water partition coefficient (Wildman–Crippen LogP) is 2.89. The van der Waals surface area contributed by atoms with Crippen molar-refractivity contribution in [3.63, 3.8) is 0 Å². The van der Waals surface area contributed by atoms with E-state index in [9.17, 15) is 8.42 Å². The van der Waals surface area contributed by atoms with Crippen LogP contribution in [0.2, 0.25) is 0 Å². The molecular formula is C21H19N7O2S. The van der Waals surface area contributed by atoms with Gasteiger partial charge in [-0.25, -0.2) is 18.4 Å². The number of hydrogen-bond donors (Lipinski definition) is 1. The third-order valence-corrected chi connectivity index (χ3v) is 5.94. The molecule has 9 nitrogen and oxygen atoms in total. The number of sulfonamides is 1. The van der Waals surface area contributed by atoms with Crippen LogP contribution in [0.1, 0.15) is 11.1 Å². The van der Waals surface area contributed by atoms with Gasteiger partial charge in [-0.2, -0.15) is 10.2 Å². The third kappa shape index (κ3) is 4.31. The summed E-state index contributed by atoms with van der Waals surface area (Å²) in [6.45, 7) is 0.389. The Hall–Kier alpha value is -3.97. The van der Waals surface area contributed by atoms with Crippen molar-refractivity contribution in [2.45, 2.75) is 6.54 Å². The average molecular weight is 433 g/mol. The highest BCUT2D eigenvalue weighted by molar-refractivity contribution is 7.92. The number of pyridine rings is 1. The Bertz CT molecular complexity index is 1390. The standard InChI is InChI=1S/C21H19N7O2S/c1-27(31(2,29)30)19-17(4-3-10-23-19)14-28-11-9-16-13-24-21(26-20(16)28)25-18-7-5-15(12-22)6-8-18/h3-11,13H,14H2,1-2H3,(H,24,25,26). The first-order valence-corrected chi connectivity index (χ1v) is 11.2. The first-order chi connectivity index (χ1) is 14.8. The second kappa shape index (κ2) is 8.04. The predicted molar refractivity (Wildman–Crippen MR) is 119 cm³/mol. The van der Waals surface area contributed by atoms with Gasteiger partial charge in [-0.3, -0.25) is 4.31 Å². The number of rotatable bonds is 6. The summed E-state index contributed by atoms with van der Waals surface area (Å²) >= 11 is 0. The van der Waals surface area contributed by atoms with Crippen molar-refractivity contribution in [1.29, 1.82) is 5.26 Å². The monoisotopic (exact) mass is 433 g/mol. The Morgan fingerprint density at radius 1 is 1.16 bits per heavy atom. The number of anilines is 3. The Morgan fingerprint density at radius 3 is 2.65 bits per heavy atom. The lowest BCUT2D eigenvalue weighted by molar-refractivity contribution is 0.599. The zero-order valence-corrected chi connectivity index (χ0v) is 17.7. The fraction of sp³-hybridized carbons (Fsp3) is 0.143. The van der Waals surface area contributed by atoms with Gasteiger partial charge in [0.05, 0.1) is 24.4 Å². The number of aromatic nitrogens is 4. The molecule has 0 aliphatic rings. The van der Waals surface area contributed by atoms with Crippen molar-refractivity contribution in [3.05, 3.63) is 72.2 Å². The summed E-state index contributed by atoms with van der Waals surface area (Å²) in [5.41, 5.74) is 2.78. The Kier molecular flexibility index (Phi) is 5.27. The molecular weight excluding hydrogens is 414 g/mol. The van der Waals surface area contributed by atoms with Crippen molar-refractivity contribution in [2.24, 2.45) is 0 Å². The van der Waals surface area contributed by atoms with Crippen LogP contribution in [0.15, 0.2) is 61.1 Å². The van der Waals surface area contributed by atoms with Gasteiger partial charge in [0.2, 0.25) is 16.0 Å². The third-order valence-electron chi connectivity index (χ3n) is 4.78. The van der Waals surface area contributed by atoms with Crippen molar-refractivity contribution in [1.82, 2.24) is 19.5 Å². The number of hydrogen-bond acceptors (Lipinski definition) is 7. The molecule has 0 saturated carbocycles. The molecule has 4 aromatic rings. The maximum Gasteiger partial charge on any atom is 0.233 e. The van der Waals surface area contributed by atoms with E-state index in [1.807, 2.05) is 22.9 Å². The van der Waals surface area contributed by atoms with E-state index in [-0.39, 0.29) is 0 Å². The molecule has 0 saturated heterocycles. The van der Waals surface area contributed by atoms with Crippen molar-refractivity contribution < 1.29 is 8.42 Å². The maximum absolute atomic E-state index is 12.0. The maximum atomic E-state index is 12.0. The normalized spacial score (nSPS) is 11.3. The van der Waals surface area contributed by atoms with Crippen LogP contribution in [-0.2, 0) is 16.6 Å². The molecule has 156 valence electrons. The number of nitriles is 1. The van der Waals surface area contributed by atoms with Crippen LogP contribution in [0.4, 0.5) is 17.5 Å². The van der Waals surface area contributed by atoms with Crippen molar-refractivity contribution in [2.75, 3.05) is 22.9 Å². The summed E-state index contributed by atoms with van der Waals surface area (Å²) in [6.07, 6.45) is 6.31. The molecule has 0 amide bonds. The fourth-order valence-electron chi connectivity index (χ4n) is 3.09. The molecule has 0 fully saturated rings. The first-order valence-electron chi connectivity index (χ1n) is 9.32. The minimum atomic E-state index is -3.44. The van der Waals surface area contributed by atoms with E-state index in [0.29, 0.717) is 29.5 Å². The van der Waals surface area contributed by atoms with Gasteiger partial charge < -0.3 is 9.88 Å². The second-order valence-corrected chi connectivity index (χ2v) is 8.96. The number of fused-ring (bicyclic) bond motifs is 1. The highest BCUT2D eigenvalue weighted by Gasteiger charge is 2.18. The van der Waals surface area contributed by atoms with E-state index in [2.05, 4.69) is 26.3 Å². The Balaban J connectivity index is 1.65. The molecule has 1 aromatic carbocycles. The van der Waals surface area contributed by atoms with Gasteiger partial charge in [0.15, 0.2) is 0 Å². The molecule has 0 bridgehead atoms. The van der Waals surface area contributed by atoms with Gasteiger partial charge in [0.1, 0.15) is 11.5 Å². The summed E-state index contributed by atoms with van der Waals surface area (Å²) in [4.78, 5) is 13.2. The summed E-state index contributed by atoms with van der Waals surface area (Å²) in [6, 6.07) is 14.6. The minimum absolute atomic E-state index is 0.372. The van der Waals surface area contributed by atoms with Gasteiger partial charge >= 0.3 is 0 Å². The van der Waals surface area contributed by atoms with Crippen LogP contribution >= 0.6 is 0 Å². The molecule has 1 N–H and O–H groups in total. The smallest absolute Gasteiger partial charge is 0.233 e. The van der Waals surface area contributed by atoms with E-state index in [0.717, 1.165) is 22.9 Å². The van der Waals surface area contributed by atoms with Crippen LogP contribution in [0, 0.1) is 11.3 Å². The van der Waals surface area contributed by atoms with E-state index >= 15 is 0 Å². The molecule has 10 heteroatoms. The van der Waals surface area contributed by atoms with E-state index < -0.39 is 10.0 Å². The van der Waals surface area contributed by atoms with E-state index in [4.69, 9.17) is 5.26 Å². The summed E-state index contributed by atoms with van der Waals surface area (Å²) in [5.74, 6) is 0.786. The molecule has 0 aliphatic carbocycles. The Labute approximate surface area is 179 Å². The van der Waals surface area contributed by atoms with Gasteiger partial charge in [-0.1, -0.05) is 6.07 Å². The van der Waals surface area contributed by atoms with Crippen LogP contribution < -0.4 is 9.62 Å². The van der Waals surface area contributed by atoms with E-state index in [1.165, 1.54) is 11.4 Å². The number of benzene rings is 1. The molecule has 3 aromatic heterocycles. The topological polar surface area (TPSA) is 117 Å². The summed E-state index contributed by atoms with van der Waals surface area (Å²) < 4.78 is 27.1. The highest BCUT2D eigenvalue weighted by atomic mass is 32.2. The lowest BCUT2D eigenvalue weighted by atomic mass is 10.2. The first kappa shape index (κ1) is 20.3. The molecule has 31 heavy (non-hydrogen) atoms. The van der Waals surface area contributed by atoms with Gasteiger partial charge in [-0.15, -0.1) is 0 Å². The van der Waals surface area contributed by atoms with Gasteiger partial charge in [0, 0.05) is 42.3 Å². The SMILES string of the molecule is CN(c1ncccc1Cn1ccc2cnc(Nc3ccc(C#N)cc3)nc21)S(C)(=O)=O. The minimum Gasteiger partial charge on any atom is -0.328 e. The van der Waals surface area contributed by atoms with Crippen LogP contribution in [0.5, 0.6) is 0 Å². The average Bonchev–Trinajstić information content (AvgIpc) is 3.15. The van der Waals surface area contributed by atoms with Gasteiger partial charge in [-0.05, 0) is 36.4 Å². The van der Waals surface area contributed by atoms with Crippen molar-refractivity contribution >= 4 is 38.5 Å². The number of nitrogens with zero attached hydrogens (tertiary/aromatic N) is 6. The molecule has 3 heterocycles. The zero-order chi connectivity index (χ0) is 22.0.